The van der Waals surface area contributed by atoms with Crippen molar-refractivity contribution in [1.29, 1.82) is 0 Å². The number of morpholine rings is 1. The fourth-order valence-electron chi connectivity index (χ4n) is 3.35. The predicted molar refractivity (Wildman–Crippen MR) is 90.1 cm³/mol. The Kier molecular flexibility index (Phi) is 5.71. The molecule has 8 nitrogen and oxygen atoms in total. The maximum absolute atomic E-state index is 12.4. The van der Waals surface area contributed by atoms with Crippen molar-refractivity contribution < 1.29 is 19.2 Å². The molecule has 0 aliphatic carbocycles. The maximum Gasteiger partial charge on any atom is 0.227 e. The van der Waals surface area contributed by atoms with E-state index in [2.05, 4.69) is 15.0 Å². The second-order valence-electron chi connectivity index (χ2n) is 7.38. The number of aromatic nitrogens is 2. The van der Waals surface area contributed by atoms with Gasteiger partial charge in [0.2, 0.25) is 11.8 Å². The van der Waals surface area contributed by atoms with E-state index < -0.39 is 5.60 Å². The van der Waals surface area contributed by atoms with Crippen molar-refractivity contribution in [2.75, 3.05) is 45.9 Å². The summed E-state index contributed by atoms with van der Waals surface area (Å²) in [7, 11) is 0. The summed E-state index contributed by atoms with van der Waals surface area (Å²) < 4.78 is 10.5. The Hall–Kier alpha value is -1.51. The van der Waals surface area contributed by atoms with E-state index in [9.17, 15) is 9.90 Å². The minimum Gasteiger partial charge on any atom is -0.387 e. The largest absolute Gasteiger partial charge is 0.387 e. The lowest BCUT2D eigenvalue weighted by Crippen LogP contribution is -2.49. The average Bonchev–Trinajstić information content (AvgIpc) is 3.21. The molecule has 1 N–H and O–H groups in total. The average molecular weight is 352 g/mol. The summed E-state index contributed by atoms with van der Waals surface area (Å²) in [5.74, 6) is 1.41. The van der Waals surface area contributed by atoms with Crippen LogP contribution in [-0.4, -0.2) is 82.5 Å². The van der Waals surface area contributed by atoms with Gasteiger partial charge in [-0.1, -0.05) is 19.0 Å². The summed E-state index contributed by atoms with van der Waals surface area (Å²) in [6.07, 6.45) is 1.39. The van der Waals surface area contributed by atoms with Gasteiger partial charge in [0.15, 0.2) is 5.82 Å². The molecule has 3 heterocycles. The van der Waals surface area contributed by atoms with E-state index in [0.717, 1.165) is 13.1 Å². The molecule has 2 aliphatic rings. The van der Waals surface area contributed by atoms with Gasteiger partial charge >= 0.3 is 0 Å². The van der Waals surface area contributed by atoms with Gasteiger partial charge < -0.3 is 19.3 Å². The molecule has 1 amide bonds. The number of aliphatic hydroxyl groups is 1. The van der Waals surface area contributed by atoms with Crippen LogP contribution in [0.25, 0.3) is 0 Å². The van der Waals surface area contributed by atoms with Crippen LogP contribution in [0.4, 0.5) is 0 Å². The second kappa shape index (κ2) is 7.80. The van der Waals surface area contributed by atoms with E-state index in [0.29, 0.717) is 63.8 Å². The molecule has 0 bridgehead atoms. The van der Waals surface area contributed by atoms with Crippen molar-refractivity contribution in [3.05, 3.63) is 11.7 Å². The lowest BCUT2D eigenvalue weighted by Gasteiger charge is -2.33. The van der Waals surface area contributed by atoms with Crippen LogP contribution in [0.1, 0.15) is 44.3 Å². The Balaban J connectivity index is 1.46. The molecule has 1 aromatic heterocycles. The van der Waals surface area contributed by atoms with E-state index in [1.54, 1.807) is 4.90 Å². The number of nitrogens with zero attached hydrogens (tertiary/aromatic N) is 4. The molecule has 8 heteroatoms. The molecule has 1 unspecified atom stereocenters. The van der Waals surface area contributed by atoms with Crippen LogP contribution in [0, 0.1) is 0 Å². The fourth-order valence-corrected chi connectivity index (χ4v) is 3.35. The molecule has 140 valence electrons. The highest BCUT2D eigenvalue weighted by Crippen LogP contribution is 2.24. The van der Waals surface area contributed by atoms with Crippen molar-refractivity contribution in [1.82, 2.24) is 19.9 Å². The Morgan fingerprint density at radius 1 is 1.32 bits per heavy atom. The molecule has 0 aromatic carbocycles. The zero-order valence-electron chi connectivity index (χ0n) is 15.1. The number of aryl methyl sites for hydroxylation is 1. The van der Waals surface area contributed by atoms with Crippen LogP contribution in [-0.2, 0) is 16.0 Å². The third kappa shape index (κ3) is 4.77. The third-order valence-corrected chi connectivity index (χ3v) is 4.86. The van der Waals surface area contributed by atoms with Crippen LogP contribution in [0.3, 0.4) is 0 Å². The Bertz CT molecular complexity index is 585. The first-order chi connectivity index (χ1) is 12.0. The molecule has 1 aromatic rings. The van der Waals surface area contributed by atoms with E-state index in [-0.39, 0.29) is 11.8 Å². The molecule has 25 heavy (non-hydrogen) atoms. The van der Waals surface area contributed by atoms with Gasteiger partial charge in [0.05, 0.1) is 25.4 Å². The molecule has 0 spiro atoms. The first-order valence-corrected chi connectivity index (χ1v) is 9.08. The van der Waals surface area contributed by atoms with Gasteiger partial charge in [-0.15, -0.1) is 0 Å². The summed E-state index contributed by atoms with van der Waals surface area (Å²) in [5.41, 5.74) is -0.817. The first kappa shape index (κ1) is 18.3. The topological polar surface area (TPSA) is 91.9 Å². The molecule has 0 radical (unpaired) electrons. The van der Waals surface area contributed by atoms with Crippen molar-refractivity contribution in [2.45, 2.75) is 44.6 Å². The lowest BCUT2D eigenvalue weighted by molar-refractivity contribution is -0.131. The maximum atomic E-state index is 12.4. The van der Waals surface area contributed by atoms with Crippen molar-refractivity contribution >= 4 is 5.91 Å². The third-order valence-electron chi connectivity index (χ3n) is 4.86. The summed E-state index contributed by atoms with van der Waals surface area (Å²) in [5, 5.41) is 14.7. The Morgan fingerprint density at radius 3 is 2.76 bits per heavy atom. The normalized spacial score (nSPS) is 25.0. The van der Waals surface area contributed by atoms with E-state index >= 15 is 0 Å². The summed E-state index contributed by atoms with van der Waals surface area (Å²) >= 11 is 0. The van der Waals surface area contributed by atoms with Gasteiger partial charge in [0, 0.05) is 44.9 Å². The van der Waals surface area contributed by atoms with Crippen LogP contribution in [0.5, 0.6) is 0 Å². The highest BCUT2D eigenvalue weighted by atomic mass is 16.5. The molecule has 0 saturated carbocycles. The number of ether oxygens (including phenoxy) is 1. The highest BCUT2D eigenvalue weighted by Gasteiger charge is 2.39. The SMILES string of the molecule is CC(C)c1noc(CCC(=O)N2CCC(O)(CN3CCOCC3)C2)n1. The number of likely N-dealkylation sites (tertiary alicyclic amines) is 1. The van der Waals surface area contributed by atoms with Crippen molar-refractivity contribution in [3.63, 3.8) is 0 Å². The van der Waals surface area contributed by atoms with Crippen molar-refractivity contribution in [3.8, 4) is 0 Å². The number of hydrogen-bond acceptors (Lipinski definition) is 7. The Labute approximate surface area is 148 Å². The number of rotatable bonds is 6. The molecular formula is C17H28N4O4. The van der Waals surface area contributed by atoms with Gasteiger partial charge in [-0.25, -0.2) is 0 Å². The zero-order valence-corrected chi connectivity index (χ0v) is 15.1. The van der Waals surface area contributed by atoms with Crippen LogP contribution >= 0.6 is 0 Å². The predicted octanol–water partition coefficient (Wildman–Crippen LogP) is 0.421. The molecule has 2 fully saturated rings. The van der Waals surface area contributed by atoms with Crippen LogP contribution in [0.2, 0.25) is 0 Å². The fraction of sp³-hybridized carbons (Fsp3) is 0.824. The van der Waals surface area contributed by atoms with Gasteiger partial charge in [-0.05, 0) is 6.42 Å². The number of β-amino-alcohol motifs (C(OH)–C–C–N with tert-alkyl or cyclic N) is 1. The van der Waals surface area contributed by atoms with Gasteiger partial charge in [0.1, 0.15) is 0 Å². The summed E-state index contributed by atoms with van der Waals surface area (Å²) in [6, 6.07) is 0. The molecular weight excluding hydrogens is 324 g/mol. The molecule has 2 saturated heterocycles. The van der Waals surface area contributed by atoms with Crippen LogP contribution < -0.4 is 0 Å². The number of amides is 1. The van der Waals surface area contributed by atoms with Gasteiger partial charge in [-0.3, -0.25) is 9.69 Å². The molecule has 3 rings (SSSR count). The highest BCUT2D eigenvalue weighted by molar-refractivity contribution is 5.76. The number of hydrogen-bond donors (Lipinski definition) is 1. The van der Waals surface area contributed by atoms with Gasteiger partial charge in [0.25, 0.3) is 0 Å². The smallest absolute Gasteiger partial charge is 0.227 e. The van der Waals surface area contributed by atoms with E-state index in [1.807, 2.05) is 13.8 Å². The van der Waals surface area contributed by atoms with Crippen LogP contribution in [0.15, 0.2) is 4.52 Å². The minimum absolute atomic E-state index is 0.0298. The number of carbonyl (C=O) groups excluding carboxylic acids is 1. The van der Waals surface area contributed by atoms with Crippen molar-refractivity contribution in [2.24, 2.45) is 0 Å². The standard InChI is InChI=1S/C17H28N4O4/c1-13(2)16-18-14(25-19-16)3-4-15(22)21-6-5-17(23,12-21)11-20-7-9-24-10-8-20/h13,23H,3-12H2,1-2H3. The molecule has 1 atom stereocenters. The minimum atomic E-state index is -0.817. The molecule has 2 aliphatic heterocycles. The Morgan fingerprint density at radius 2 is 2.08 bits per heavy atom. The monoisotopic (exact) mass is 352 g/mol. The van der Waals surface area contributed by atoms with Gasteiger partial charge in [-0.2, -0.15) is 4.98 Å². The van der Waals surface area contributed by atoms with E-state index in [1.165, 1.54) is 0 Å². The quantitative estimate of drug-likeness (QED) is 0.793. The van der Waals surface area contributed by atoms with E-state index in [4.69, 9.17) is 9.26 Å². The summed E-state index contributed by atoms with van der Waals surface area (Å²) in [6.45, 7) is 8.69. The summed E-state index contributed by atoms with van der Waals surface area (Å²) in [4.78, 5) is 20.7. The second-order valence-corrected chi connectivity index (χ2v) is 7.38. The first-order valence-electron chi connectivity index (χ1n) is 9.08. The lowest BCUT2D eigenvalue weighted by atomic mass is 10.0. The number of carbonyl (C=O) groups is 1. The zero-order chi connectivity index (χ0) is 17.9.